The summed E-state index contributed by atoms with van der Waals surface area (Å²) in [5, 5.41) is 18.6. The predicted octanol–water partition coefficient (Wildman–Crippen LogP) is -1.44. The van der Waals surface area contributed by atoms with Gasteiger partial charge in [0.25, 0.3) is 0 Å². The van der Waals surface area contributed by atoms with Crippen LogP contribution >= 0.6 is 25.3 Å². The Labute approximate surface area is 135 Å². The van der Waals surface area contributed by atoms with Crippen LogP contribution in [-0.2, 0) is 14.4 Å². The zero-order valence-corrected chi connectivity index (χ0v) is 13.9. The summed E-state index contributed by atoms with van der Waals surface area (Å²) in [7, 11) is 0. The third kappa shape index (κ3) is 12.4. The van der Waals surface area contributed by atoms with Crippen molar-refractivity contribution in [1.29, 1.82) is 0 Å². The molecule has 8 nitrogen and oxygen atoms in total. The van der Waals surface area contributed by atoms with Crippen molar-refractivity contribution in [1.82, 2.24) is 5.32 Å². The first-order valence-corrected chi connectivity index (χ1v) is 7.35. The first kappa shape index (κ1) is 21.7. The van der Waals surface area contributed by atoms with E-state index < -0.39 is 36.5 Å². The van der Waals surface area contributed by atoms with E-state index >= 15 is 0 Å². The van der Waals surface area contributed by atoms with Crippen LogP contribution in [-0.4, -0.2) is 74.0 Å². The molecule has 116 valence electrons. The van der Waals surface area contributed by atoms with E-state index in [0.29, 0.717) is 12.2 Å². The Morgan fingerprint density at radius 3 is 2.10 bits per heavy atom. The molecular formula is C9H17N3O5S2Se. The molecule has 0 aliphatic rings. The van der Waals surface area contributed by atoms with Gasteiger partial charge in [-0.1, -0.05) is 0 Å². The van der Waals surface area contributed by atoms with Gasteiger partial charge in [-0.3, -0.25) is 9.59 Å². The fraction of sp³-hybridized carbons (Fsp3) is 0.667. The number of amides is 1. The molecule has 11 heteroatoms. The Bertz CT molecular complexity index is 346. The van der Waals surface area contributed by atoms with E-state index in [1.54, 1.807) is 0 Å². The number of thiol groups is 2. The number of carbonyl (C=O) groups excluding carboxylic acids is 1. The van der Waals surface area contributed by atoms with Crippen molar-refractivity contribution >= 4 is 58.9 Å². The number of carboxylic acid groups (broad SMARTS) is 2. The molecule has 0 saturated carbocycles. The Morgan fingerprint density at radius 1 is 1.30 bits per heavy atom. The monoisotopic (exact) mass is 391 g/mol. The van der Waals surface area contributed by atoms with Crippen LogP contribution in [0, 0.1) is 0 Å². The molecule has 0 aromatic rings. The Balaban J connectivity index is 0. The molecule has 0 aromatic heterocycles. The van der Waals surface area contributed by atoms with Crippen molar-refractivity contribution in [2.75, 3.05) is 18.1 Å². The van der Waals surface area contributed by atoms with Gasteiger partial charge in [-0.05, 0) is 0 Å². The van der Waals surface area contributed by atoms with Gasteiger partial charge in [0.2, 0.25) is 5.91 Å². The third-order valence-corrected chi connectivity index (χ3v) is 2.95. The molecule has 5 N–H and O–H groups in total. The molecule has 0 fully saturated rings. The van der Waals surface area contributed by atoms with Gasteiger partial charge in [0.15, 0.2) is 0 Å². The summed E-state index contributed by atoms with van der Waals surface area (Å²) < 4.78 is 3.50. The molecule has 0 aliphatic carbocycles. The number of hydrogen-bond donors (Lipinski definition) is 6. The Morgan fingerprint density at radius 2 is 1.85 bits per heavy atom. The van der Waals surface area contributed by atoms with E-state index in [2.05, 4.69) is 50.4 Å². The first-order chi connectivity index (χ1) is 9.29. The molecule has 0 aromatic carbocycles. The van der Waals surface area contributed by atoms with Crippen LogP contribution in [0.15, 0.2) is 3.96 Å². The third-order valence-electron chi connectivity index (χ3n) is 1.76. The summed E-state index contributed by atoms with van der Waals surface area (Å²) in [6.45, 7) is -0.402. The van der Waals surface area contributed by atoms with E-state index in [1.807, 2.05) is 0 Å². The second-order valence-corrected chi connectivity index (χ2v) is 4.63. The zero-order valence-electron chi connectivity index (χ0n) is 10.4. The topological polar surface area (TPSA) is 142 Å². The Hall–Kier alpha value is -0.611. The molecule has 0 bridgehead atoms. The first-order valence-electron chi connectivity index (χ1n) is 5.32. The predicted molar refractivity (Wildman–Crippen MR) is 80.5 cm³/mol. The van der Waals surface area contributed by atoms with Crippen molar-refractivity contribution in [3.05, 3.63) is 0 Å². The molecule has 1 amide bonds. The second-order valence-electron chi connectivity index (χ2n) is 3.37. The van der Waals surface area contributed by atoms with Crippen LogP contribution in [0.4, 0.5) is 0 Å². The van der Waals surface area contributed by atoms with Crippen molar-refractivity contribution in [3.63, 3.8) is 0 Å². The second kappa shape index (κ2) is 13.4. The standard InChI is InChI=1S/C5H10N2O3S.C4H7NO2SSe/c6-3(2-11)5(10)7-1-4(8)9;6-4(7)3(5-9)1-2-8/h3,11H,1-2,6H2,(H,7,10)(H,8,9);3,8H,1-2H2,(H,6,7)/t2*3-/m00/s1. The van der Waals surface area contributed by atoms with Gasteiger partial charge >= 0.3 is 72.5 Å². The van der Waals surface area contributed by atoms with E-state index in [1.165, 1.54) is 0 Å². The van der Waals surface area contributed by atoms with E-state index in [-0.39, 0.29) is 5.75 Å². The number of aliphatic carboxylic acids is 2. The molecule has 2 atom stereocenters. The minimum absolute atomic E-state index is 0.200. The summed E-state index contributed by atoms with van der Waals surface area (Å²) in [4.78, 5) is 30.8. The van der Waals surface area contributed by atoms with Crippen molar-refractivity contribution in [2.45, 2.75) is 18.5 Å². The molecule has 0 radical (unpaired) electrons. The van der Waals surface area contributed by atoms with Gasteiger partial charge in [-0.2, -0.15) is 12.6 Å². The number of rotatable bonds is 8. The van der Waals surface area contributed by atoms with Gasteiger partial charge in [-0.25, -0.2) is 0 Å². The number of carboxylic acids is 2. The fourth-order valence-electron chi connectivity index (χ4n) is 0.720. The minimum atomic E-state index is -1.09. The summed E-state index contributed by atoms with van der Waals surface area (Å²) in [6.07, 6.45) is 0.478. The molecule has 0 aliphatic heterocycles. The van der Waals surface area contributed by atoms with Crippen molar-refractivity contribution < 1.29 is 24.6 Å². The van der Waals surface area contributed by atoms with E-state index in [0.717, 1.165) is 0 Å². The maximum atomic E-state index is 10.7. The van der Waals surface area contributed by atoms with Gasteiger partial charge < -0.3 is 16.2 Å². The van der Waals surface area contributed by atoms with Crippen LogP contribution in [0.2, 0.25) is 0 Å². The van der Waals surface area contributed by atoms with Crippen LogP contribution in [0.1, 0.15) is 6.42 Å². The van der Waals surface area contributed by atoms with Crippen LogP contribution < -0.4 is 11.1 Å². The molecule has 0 saturated heterocycles. The van der Waals surface area contributed by atoms with Gasteiger partial charge in [0.1, 0.15) is 6.54 Å². The number of carbonyl (C=O) groups is 3. The molecule has 0 unspecified atom stereocenters. The molecule has 0 rings (SSSR count). The summed E-state index contributed by atoms with van der Waals surface area (Å²) in [5.74, 6) is -1.75. The van der Waals surface area contributed by atoms with E-state index in [4.69, 9.17) is 15.9 Å². The number of nitrogens with one attached hydrogen (secondary N) is 1. The number of hydrogen-bond acceptors (Lipinski definition) is 7. The normalized spacial score (nSPS) is 12.3. The SMILES string of the molecule is N[C@@H](CS)C(=O)NCC(=O)O.O=C(O)[C@H](CCS)N=[Se]. The average molecular weight is 390 g/mol. The molecular weight excluding hydrogens is 373 g/mol. The Kier molecular flexibility index (Phi) is 14.5. The van der Waals surface area contributed by atoms with Crippen molar-refractivity contribution in [2.24, 2.45) is 9.70 Å². The summed E-state index contributed by atoms with van der Waals surface area (Å²) >= 11 is 9.96. The van der Waals surface area contributed by atoms with E-state index in [9.17, 15) is 14.4 Å². The molecule has 20 heavy (non-hydrogen) atoms. The molecule has 0 spiro atoms. The summed E-state index contributed by atoms with van der Waals surface area (Å²) in [5.41, 5.74) is 5.22. The zero-order chi connectivity index (χ0) is 16.1. The van der Waals surface area contributed by atoms with Crippen molar-refractivity contribution in [3.8, 4) is 0 Å². The summed E-state index contributed by atoms with van der Waals surface area (Å²) in [6, 6.07) is -1.36. The van der Waals surface area contributed by atoms with Crippen LogP contribution in [0.5, 0.6) is 0 Å². The van der Waals surface area contributed by atoms with Crippen LogP contribution in [0.3, 0.4) is 0 Å². The number of nitrogens with zero attached hydrogens (tertiary/aromatic N) is 1. The fourth-order valence-corrected chi connectivity index (χ4v) is 1.54. The number of nitrogens with two attached hydrogens (primary N) is 1. The van der Waals surface area contributed by atoms with Gasteiger partial charge in [0, 0.05) is 5.75 Å². The average Bonchev–Trinajstić information content (AvgIpc) is 2.41. The van der Waals surface area contributed by atoms with Gasteiger partial charge in [0.05, 0.1) is 6.04 Å². The quantitative estimate of drug-likeness (QED) is 0.221. The van der Waals surface area contributed by atoms with Gasteiger partial charge in [-0.15, -0.1) is 0 Å². The maximum absolute atomic E-state index is 10.7. The molecule has 0 heterocycles. The van der Waals surface area contributed by atoms with Crippen LogP contribution in [0.25, 0.3) is 0 Å².